The Bertz CT molecular complexity index is 696. The molecule has 2 aliphatic rings. The summed E-state index contributed by atoms with van der Waals surface area (Å²) in [6, 6.07) is 5.65. The molecule has 1 heterocycles. The van der Waals surface area contributed by atoms with Crippen LogP contribution in [-0.2, 0) is 14.8 Å². The summed E-state index contributed by atoms with van der Waals surface area (Å²) in [5, 5.41) is 3.00. The van der Waals surface area contributed by atoms with E-state index < -0.39 is 16.1 Å². The maximum absolute atomic E-state index is 13.2. The molecule has 6 nitrogen and oxygen atoms in total. The molecule has 1 atom stereocenters. The van der Waals surface area contributed by atoms with Crippen LogP contribution >= 0.6 is 0 Å². The van der Waals surface area contributed by atoms with E-state index in [1.165, 1.54) is 22.7 Å². The molecule has 2 fully saturated rings. The molecular formula is C16H22FN3O3S. The second-order valence-corrected chi connectivity index (χ2v) is 8.42. The molecule has 1 aromatic carbocycles. The summed E-state index contributed by atoms with van der Waals surface area (Å²) in [5.74, 6) is -0.445. The van der Waals surface area contributed by atoms with Crippen molar-refractivity contribution in [2.75, 3.05) is 32.4 Å². The molecule has 8 heteroatoms. The average molecular weight is 355 g/mol. The highest BCUT2D eigenvalue weighted by Crippen LogP contribution is 2.26. The summed E-state index contributed by atoms with van der Waals surface area (Å²) in [4.78, 5) is 14.6. The molecule has 132 valence electrons. The predicted molar refractivity (Wildman–Crippen MR) is 88.3 cm³/mol. The van der Waals surface area contributed by atoms with E-state index in [-0.39, 0.29) is 17.8 Å². The van der Waals surface area contributed by atoms with Crippen molar-refractivity contribution in [3.63, 3.8) is 0 Å². The number of carbonyl (C=O) groups is 1. The van der Waals surface area contributed by atoms with Crippen LogP contribution in [0.4, 0.5) is 4.39 Å². The van der Waals surface area contributed by atoms with Crippen LogP contribution in [-0.4, -0.2) is 62.0 Å². The Balaban J connectivity index is 1.77. The number of nitrogens with one attached hydrogen (secondary N) is 1. The number of hydrogen-bond donors (Lipinski definition) is 1. The highest BCUT2D eigenvalue weighted by atomic mass is 32.2. The van der Waals surface area contributed by atoms with E-state index in [0.29, 0.717) is 26.2 Å². The minimum atomic E-state index is -3.22. The van der Waals surface area contributed by atoms with Gasteiger partial charge in [0.1, 0.15) is 11.9 Å². The van der Waals surface area contributed by atoms with Crippen molar-refractivity contribution in [2.24, 2.45) is 0 Å². The van der Waals surface area contributed by atoms with Gasteiger partial charge < -0.3 is 5.32 Å². The summed E-state index contributed by atoms with van der Waals surface area (Å²) in [5.41, 5.74) is 0.724. The van der Waals surface area contributed by atoms with Gasteiger partial charge in [0.25, 0.3) is 0 Å². The average Bonchev–Trinajstić information content (AvgIpc) is 3.33. The van der Waals surface area contributed by atoms with Crippen molar-refractivity contribution in [1.29, 1.82) is 0 Å². The minimum Gasteiger partial charge on any atom is -0.352 e. The van der Waals surface area contributed by atoms with Crippen molar-refractivity contribution in [3.8, 4) is 0 Å². The molecule has 0 bridgehead atoms. The zero-order chi connectivity index (χ0) is 17.3. The molecule has 1 aromatic rings. The van der Waals surface area contributed by atoms with Crippen molar-refractivity contribution < 1.29 is 17.6 Å². The predicted octanol–water partition coefficient (Wildman–Crippen LogP) is 0.723. The zero-order valence-corrected chi connectivity index (χ0v) is 14.4. The number of halogens is 1. The molecule has 24 heavy (non-hydrogen) atoms. The maximum atomic E-state index is 13.2. The van der Waals surface area contributed by atoms with Gasteiger partial charge in [0.2, 0.25) is 15.9 Å². The fourth-order valence-electron chi connectivity index (χ4n) is 2.97. The third-order valence-electron chi connectivity index (χ3n) is 4.47. The number of rotatable bonds is 5. The standard InChI is InChI=1S/C16H22FN3O3S/c1-24(22,23)20-10-8-19(9-11-20)15(16(21)18-14-6-7-14)12-2-4-13(17)5-3-12/h2-5,14-15H,6-11H2,1H3,(H,18,21). The molecule has 3 rings (SSSR count). The van der Waals surface area contributed by atoms with Crippen LogP contribution in [0.25, 0.3) is 0 Å². The molecule has 1 unspecified atom stereocenters. The van der Waals surface area contributed by atoms with Gasteiger partial charge in [0.15, 0.2) is 0 Å². The van der Waals surface area contributed by atoms with Crippen LogP contribution in [0.3, 0.4) is 0 Å². The minimum absolute atomic E-state index is 0.100. The SMILES string of the molecule is CS(=O)(=O)N1CCN(C(C(=O)NC2CC2)c2ccc(F)cc2)CC1. The Labute approximate surface area is 141 Å². The fraction of sp³-hybridized carbons (Fsp3) is 0.562. The van der Waals surface area contributed by atoms with Gasteiger partial charge in [-0.15, -0.1) is 0 Å². The van der Waals surface area contributed by atoms with Crippen LogP contribution in [0.2, 0.25) is 0 Å². The van der Waals surface area contributed by atoms with Gasteiger partial charge in [-0.25, -0.2) is 12.8 Å². The summed E-state index contributed by atoms with van der Waals surface area (Å²) in [6.07, 6.45) is 3.17. The number of piperazine rings is 1. The molecule has 1 saturated heterocycles. The highest BCUT2D eigenvalue weighted by Gasteiger charge is 2.35. The first-order chi connectivity index (χ1) is 11.3. The Morgan fingerprint density at radius 2 is 1.75 bits per heavy atom. The van der Waals surface area contributed by atoms with Gasteiger partial charge in [0, 0.05) is 32.2 Å². The Kier molecular flexibility index (Phi) is 4.89. The quantitative estimate of drug-likeness (QED) is 0.845. The number of carbonyl (C=O) groups excluding carboxylic acids is 1. The number of benzene rings is 1. The molecule has 1 saturated carbocycles. The summed E-state index contributed by atoms with van der Waals surface area (Å²) in [7, 11) is -3.22. The molecule has 0 aromatic heterocycles. The third-order valence-corrected chi connectivity index (χ3v) is 5.77. The molecule has 0 radical (unpaired) electrons. The first-order valence-corrected chi connectivity index (χ1v) is 9.94. The summed E-state index contributed by atoms with van der Waals surface area (Å²) < 4.78 is 37.9. The third kappa shape index (κ3) is 4.12. The lowest BCUT2D eigenvalue weighted by Gasteiger charge is -2.37. The van der Waals surface area contributed by atoms with Crippen LogP contribution in [0, 0.1) is 5.82 Å². The van der Waals surface area contributed by atoms with E-state index in [4.69, 9.17) is 0 Å². The lowest BCUT2D eigenvalue weighted by atomic mass is 10.0. The van der Waals surface area contributed by atoms with E-state index in [0.717, 1.165) is 18.4 Å². The summed E-state index contributed by atoms with van der Waals surface area (Å²) >= 11 is 0. The largest absolute Gasteiger partial charge is 0.352 e. The van der Waals surface area contributed by atoms with E-state index >= 15 is 0 Å². The second kappa shape index (κ2) is 6.78. The molecule has 1 N–H and O–H groups in total. The maximum Gasteiger partial charge on any atom is 0.242 e. The van der Waals surface area contributed by atoms with Crippen molar-refractivity contribution in [1.82, 2.24) is 14.5 Å². The normalized spacial score (nSPS) is 21.4. The topological polar surface area (TPSA) is 69.7 Å². The monoisotopic (exact) mass is 355 g/mol. The van der Waals surface area contributed by atoms with E-state index in [1.807, 2.05) is 4.90 Å². The Morgan fingerprint density at radius 3 is 2.25 bits per heavy atom. The molecule has 1 aliphatic heterocycles. The van der Waals surface area contributed by atoms with E-state index in [9.17, 15) is 17.6 Å². The van der Waals surface area contributed by atoms with Gasteiger partial charge >= 0.3 is 0 Å². The lowest BCUT2D eigenvalue weighted by Crippen LogP contribution is -2.52. The molecular weight excluding hydrogens is 333 g/mol. The molecule has 0 spiro atoms. The number of nitrogens with zero attached hydrogens (tertiary/aromatic N) is 2. The fourth-order valence-corrected chi connectivity index (χ4v) is 3.80. The van der Waals surface area contributed by atoms with Crippen LogP contribution in [0.15, 0.2) is 24.3 Å². The van der Waals surface area contributed by atoms with Gasteiger partial charge in [-0.05, 0) is 30.5 Å². The van der Waals surface area contributed by atoms with E-state index in [2.05, 4.69) is 5.32 Å². The van der Waals surface area contributed by atoms with Gasteiger partial charge in [-0.1, -0.05) is 12.1 Å². The molecule has 1 aliphatic carbocycles. The number of sulfonamides is 1. The summed E-state index contributed by atoms with van der Waals surface area (Å²) in [6.45, 7) is 1.64. The zero-order valence-electron chi connectivity index (χ0n) is 13.6. The number of amides is 1. The van der Waals surface area contributed by atoms with Gasteiger partial charge in [-0.3, -0.25) is 9.69 Å². The van der Waals surface area contributed by atoms with E-state index in [1.54, 1.807) is 12.1 Å². The van der Waals surface area contributed by atoms with Crippen LogP contribution in [0.1, 0.15) is 24.4 Å². The highest BCUT2D eigenvalue weighted by molar-refractivity contribution is 7.88. The lowest BCUT2D eigenvalue weighted by molar-refractivity contribution is -0.127. The number of hydrogen-bond acceptors (Lipinski definition) is 4. The van der Waals surface area contributed by atoms with Gasteiger partial charge in [0.05, 0.1) is 6.26 Å². The second-order valence-electron chi connectivity index (χ2n) is 6.43. The first-order valence-electron chi connectivity index (χ1n) is 8.09. The smallest absolute Gasteiger partial charge is 0.242 e. The first kappa shape index (κ1) is 17.3. The Hall–Kier alpha value is -1.51. The van der Waals surface area contributed by atoms with Crippen molar-refractivity contribution >= 4 is 15.9 Å². The molecule has 1 amide bonds. The van der Waals surface area contributed by atoms with Gasteiger partial charge in [-0.2, -0.15) is 4.31 Å². The van der Waals surface area contributed by atoms with Crippen molar-refractivity contribution in [2.45, 2.75) is 24.9 Å². The Morgan fingerprint density at radius 1 is 1.17 bits per heavy atom. The van der Waals surface area contributed by atoms with Crippen LogP contribution < -0.4 is 5.32 Å². The van der Waals surface area contributed by atoms with Crippen molar-refractivity contribution in [3.05, 3.63) is 35.6 Å². The van der Waals surface area contributed by atoms with Crippen LogP contribution in [0.5, 0.6) is 0 Å².